The van der Waals surface area contributed by atoms with E-state index in [2.05, 4.69) is 10.5 Å². The molecule has 1 atom stereocenters. The molecule has 0 radical (unpaired) electrons. The number of carboxylic acids is 1. The highest BCUT2D eigenvalue weighted by atomic mass is 16.4. The number of carboxylic acid groups (broad SMARTS) is 1. The largest absolute Gasteiger partial charge is 0.478 e. The molecule has 112 valence electrons. The standard InChI is InChI=1S/C16H14N2O4/c19-14(12-4-2-1-3-5-12)15(20)18-17-10-11-6-8-13(9-7-11)16(21)22/h1-10,14,19H,(H,18,20)(H,21,22)/b17-10+. The Labute approximate surface area is 126 Å². The van der Waals surface area contributed by atoms with E-state index in [1.807, 2.05) is 0 Å². The zero-order valence-corrected chi connectivity index (χ0v) is 11.5. The van der Waals surface area contributed by atoms with Crippen molar-refractivity contribution < 1.29 is 19.8 Å². The third-order valence-corrected chi connectivity index (χ3v) is 2.91. The maximum Gasteiger partial charge on any atom is 0.335 e. The molecule has 0 bridgehead atoms. The van der Waals surface area contributed by atoms with Crippen molar-refractivity contribution in [3.8, 4) is 0 Å². The van der Waals surface area contributed by atoms with E-state index >= 15 is 0 Å². The number of aliphatic hydroxyl groups is 1. The van der Waals surface area contributed by atoms with Crippen molar-refractivity contribution in [2.75, 3.05) is 0 Å². The van der Waals surface area contributed by atoms with Crippen LogP contribution in [0.2, 0.25) is 0 Å². The lowest BCUT2D eigenvalue weighted by Crippen LogP contribution is -2.25. The minimum Gasteiger partial charge on any atom is -0.478 e. The Hall–Kier alpha value is -2.99. The second kappa shape index (κ2) is 7.14. The fourth-order valence-corrected chi connectivity index (χ4v) is 1.73. The lowest BCUT2D eigenvalue weighted by atomic mass is 10.1. The molecular weight excluding hydrogens is 284 g/mol. The van der Waals surface area contributed by atoms with Gasteiger partial charge in [-0.15, -0.1) is 0 Å². The number of hydrogen-bond acceptors (Lipinski definition) is 4. The van der Waals surface area contributed by atoms with E-state index in [1.165, 1.54) is 18.3 Å². The predicted octanol–water partition coefficient (Wildman–Crippen LogP) is 1.57. The number of rotatable bonds is 5. The summed E-state index contributed by atoms with van der Waals surface area (Å²) in [5.74, 6) is -1.66. The summed E-state index contributed by atoms with van der Waals surface area (Å²) in [6, 6.07) is 14.5. The van der Waals surface area contributed by atoms with Crippen LogP contribution in [0.1, 0.15) is 27.6 Å². The lowest BCUT2D eigenvalue weighted by molar-refractivity contribution is -0.129. The Bertz CT molecular complexity index is 681. The van der Waals surface area contributed by atoms with Gasteiger partial charge in [0.1, 0.15) is 0 Å². The van der Waals surface area contributed by atoms with E-state index in [1.54, 1.807) is 42.5 Å². The van der Waals surface area contributed by atoms with Gasteiger partial charge in [0.15, 0.2) is 6.10 Å². The average Bonchev–Trinajstić information content (AvgIpc) is 2.55. The molecule has 2 aromatic rings. The number of aromatic carboxylic acids is 1. The van der Waals surface area contributed by atoms with Crippen molar-refractivity contribution in [1.82, 2.24) is 5.43 Å². The van der Waals surface area contributed by atoms with Gasteiger partial charge >= 0.3 is 5.97 Å². The van der Waals surface area contributed by atoms with Gasteiger partial charge in [-0.05, 0) is 23.3 Å². The van der Waals surface area contributed by atoms with Crippen LogP contribution in [0.5, 0.6) is 0 Å². The molecule has 0 aliphatic rings. The van der Waals surface area contributed by atoms with Crippen molar-refractivity contribution in [2.45, 2.75) is 6.10 Å². The topological polar surface area (TPSA) is 99.0 Å². The van der Waals surface area contributed by atoms with E-state index in [-0.39, 0.29) is 5.56 Å². The number of nitrogens with one attached hydrogen (secondary N) is 1. The molecule has 22 heavy (non-hydrogen) atoms. The van der Waals surface area contributed by atoms with Gasteiger partial charge in [-0.3, -0.25) is 4.79 Å². The fraction of sp³-hybridized carbons (Fsp3) is 0.0625. The van der Waals surface area contributed by atoms with Crippen LogP contribution in [0.3, 0.4) is 0 Å². The van der Waals surface area contributed by atoms with Gasteiger partial charge < -0.3 is 10.2 Å². The van der Waals surface area contributed by atoms with E-state index in [0.29, 0.717) is 11.1 Å². The normalized spacial score (nSPS) is 12.0. The van der Waals surface area contributed by atoms with Gasteiger partial charge in [0.05, 0.1) is 11.8 Å². The molecule has 0 spiro atoms. The summed E-state index contributed by atoms with van der Waals surface area (Å²) in [7, 11) is 0. The summed E-state index contributed by atoms with van der Waals surface area (Å²) in [6.07, 6.45) is 0.0640. The second-order valence-corrected chi connectivity index (χ2v) is 4.47. The summed E-state index contributed by atoms with van der Waals surface area (Å²) in [4.78, 5) is 22.4. The first-order valence-electron chi connectivity index (χ1n) is 6.47. The van der Waals surface area contributed by atoms with E-state index in [9.17, 15) is 14.7 Å². The van der Waals surface area contributed by atoms with Crippen LogP contribution in [0.15, 0.2) is 59.7 Å². The molecule has 1 unspecified atom stereocenters. The van der Waals surface area contributed by atoms with Crippen molar-refractivity contribution in [1.29, 1.82) is 0 Å². The lowest BCUT2D eigenvalue weighted by Gasteiger charge is -2.08. The van der Waals surface area contributed by atoms with Crippen LogP contribution in [-0.2, 0) is 4.79 Å². The van der Waals surface area contributed by atoms with Crippen LogP contribution >= 0.6 is 0 Å². The summed E-state index contributed by atoms with van der Waals surface area (Å²) in [5.41, 5.74) is 3.50. The molecule has 1 amide bonds. The maximum atomic E-state index is 11.7. The summed E-state index contributed by atoms with van der Waals surface area (Å²) in [6.45, 7) is 0. The maximum absolute atomic E-state index is 11.7. The van der Waals surface area contributed by atoms with Crippen LogP contribution in [-0.4, -0.2) is 28.3 Å². The summed E-state index contributed by atoms with van der Waals surface area (Å²) in [5, 5.41) is 22.3. The molecule has 6 heteroatoms. The number of hydrogen-bond donors (Lipinski definition) is 3. The third-order valence-electron chi connectivity index (χ3n) is 2.91. The first-order valence-corrected chi connectivity index (χ1v) is 6.47. The number of aliphatic hydroxyl groups excluding tert-OH is 1. The van der Waals surface area contributed by atoms with Gasteiger partial charge in [-0.25, -0.2) is 10.2 Å². The van der Waals surface area contributed by atoms with Gasteiger partial charge in [0.2, 0.25) is 0 Å². The van der Waals surface area contributed by atoms with Gasteiger partial charge in [0, 0.05) is 0 Å². The fourth-order valence-electron chi connectivity index (χ4n) is 1.73. The van der Waals surface area contributed by atoms with Crippen molar-refractivity contribution in [2.24, 2.45) is 5.10 Å². The number of benzene rings is 2. The highest BCUT2D eigenvalue weighted by Crippen LogP contribution is 2.11. The quantitative estimate of drug-likeness (QED) is 0.576. The summed E-state index contributed by atoms with van der Waals surface area (Å²) >= 11 is 0. The minimum atomic E-state index is -1.30. The molecule has 0 saturated carbocycles. The van der Waals surface area contributed by atoms with Gasteiger partial charge in [0.25, 0.3) is 5.91 Å². The first-order chi connectivity index (χ1) is 10.6. The summed E-state index contributed by atoms with van der Waals surface area (Å²) < 4.78 is 0. The zero-order valence-electron chi connectivity index (χ0n) is 11.5. The molecular formula is C16H14N2O4. The molecule has 0 aliphatic heterocycles. The SMILES string of the molecule is O=C(O)c1ccc(/C=N/NC(=O)C(O)c2ccccc2)cc1. The smallest absolute Gasteiger partial charge is 0.335 e. The van der Waals surface area contributed by atoms with Crippen LogP contribution in [0, 0.1) is 0 Å². The molecule has 0 aromatic heterocycles. The molecule has 6 nitrogen and oxygen atoms in total. The number of carbonyl (C=O) groups is 2. The molecule has 0 saturated heterocycles. The van der Waals surface area contributed by atoms with E-state index < -0.39 is 18.0 Å². The van der Waals surface area contributed by atoms with Crippen molar-refractivity contribution in [3.63, 3.8) is 0 Å². The Morgan fingerprint density at radius 1 is 1.05 bits per heavy atom. The van der Waals surface area contributed by atoms with E-state index in [0.717, 1.165) is 0 Å². The van der Waals surface area contributed by atoms with Gasteiger partial charge in [-0.2, -0.15) is 5.10 Å². The monoisotopic (exact) mass is 298 g/mol. The van der Waals surface area contributed by atoms with Crippen LogP contribution in [0.4, 0.5) is 0 Å². The molecule has 0 heterocycles. The number of amides is 1. The van der Waals surface area contributed by atoms with Crippen molar-refractivity contribution in [3.05, 3.63) is 71.3 Å². The predicted molar refractivity (Wildman–Crippen MR) is 80.5 cm³/mol. The Kier molecular flexibility index (Phi) is 5.00. The minimum absolute atomic E-state index is 0.167. The van der Waals surface area contributed by atoms with E-state index in [4.69, 9.17) is 5.11 Å². The highest BCUT2D eigenvalue weighted by molar-refractivity contribution is 5.89. The molecule has 3 N–H and O–H groups in total. The Balaban J connectivity index is 1.94. The number of nitrogens with zero attached hydrogens (tertiary/aromatic N) is 1. The second-order valence-electron chi connectivity index (χ2n) is 4.47. The first kappa shape index (κ1) is 15.4. The molecule has 0 aliphatic carbocycles. The molecule has 2 aromatic carbocycles. The number of carbonyl (C=O) groups excluding carboxylic acids is 1. The number of hydrazone groups is 1. The zero-order chi connectivity index (χ0) is 15.9. The Morgan fingerprint density at radius 3 is 2.27 bits per heavy atom. The molecule has 0 fully saturated rings. The molecule has 2 rings (SSSR count). The van der Waals surface area contributed by atoms with Crippen LogP contribution < -0.4 is 5.43 Å². The Morgan fingerprint density at radius 2 is 1.68 bits per heavy atom. The third kappa shape index (κ3) is 4.00. The van der Waals surface area contributed by atoms with Gasteiger partial charge in [-0.1, -0.05) is 42.5 Å². The van der Waals surface area contributed by atoms with Crippen molar-refractivity contribution >= 4 is 18.1 Å². The van der Waals surface area contributed by atoms with Crippen LogP contribution in [0.25, 0.3) is 0 Å². The highest BCUT2D eigenvalue weighted by Gasteiger charge is 2.15. The average molecular weight is 298 g/mol.